The van der Waals surface area contributed by atoms with Crippen LogP contribution in [-0.4, -0.2) is 19.4 Å². The molecule has 0 aromatic carbocycles. The van der Waals surface area contributed by atoms with Gasteiger partial charge in [-0.05, 0) is 13.0 Å². The third-order valence-electron chi connectivity index (χ3n) is 2.17. The molecule has 0 aromatic rings. The van der Waals surface area contributed by atoms with E-state index in [1.807, 2.05) is 0 Å². The Hall–Kier alpha value is 0.0249. The zero-order valence-electron chi connectivity index (χ0n) is 4.41. The van der Waals surface area contributed by atoms with Crippen LogP contribution in [0.4, 0.5) is 0 Å². The van der Waals surface area contributed by atoms with E-state index >= 15 is 0 Å². The van der Waals surface area contributed by atoms with Gasteiger partial charge in [-0.2, -0.15) is 0 Å². The summed E-state index contributed by atoms with van der Waals surface area (Å²) in [5.74, 6) is 0. The molecule has 0 aromatic heterocycles. The smallest absolute Gasteiger partial charge is 0.114 e. The third-order valence-corrected chi connectivity index (χ3v) is 2.17. The molecule has 2 aliphatic heterocycles. The maximum absolute atomic E-state index is 3.43. The topological polar surface area (TPSA) is 12.0 Å². The predicted octanol–water partition coefficient (Wildman–Crippen LogP) is 0.273. The molecule has 2 fully saturated rings. The zero-order valence-corrected chi connectivity index (χ0v) is 4.41. The van der Waals surface area contributed by atoms with Gasteiger partial charge in [-0.15, -0.1) is 0 Å². The third kappa shape index (κ3) is 0.380. The van der Waals surface area contributed by atoms with Gasteiger partial charge in [0.2, 0.25) is 0 Å². The first-order chi connectivity index (χ1) is 3.41. The highest BCUT2D eigenvalue weighted by Gasteiger charge is 2.41. The first-order valence-corrected chi connectivity index (χ1v) is 2.98. The van der Waals surface area contributed by atoms with Gasteiger partial charge in [-0.3, -0.25) is 0 Å². The van der Waals surface area contributed by atoms with E-state index in [1.165, 1.54) is 25.6 Å². The van der Waals surface area contributed by atoms with Crippen molar-refractivity contribution in [2.45, 2.75) is 24.6 Å². The molecule has 7 heavy (non-hydrogen) atoms. The van der Waals surface area contributed by atoms with Crippen molar-refractivity contribution in [3.8, 4) is 0 Å². The van der Waals surface area contributed by atoms with E-state index in [-0.39, 0.29) is 0 Å². The van der Waals surface area contributed by atoms with Gasteiger partial charge < -0.3 is 5.32 Å². The summed E-state index contributed by atoms with van der Waals surface area (Å²) in [5, 5.41) is 3.43. The monoisotopic (exact) mass is 94.1 g/mol. The fourth-order valence-corrected chi connectivity index (χ4v) is 1.32. The Morgan fingerprint density at radius 3 is 2.14 bits per heavy atom. The van der Waals surface area contributed by atoms with E-state index in [0.29, 0.717) is 5.54 Å². The average molecular weight is 93.9 g/mol. The van der Waals surface area contributed by atoms with E-state index in [2.05, 4.69) is 12.6 Å². The summed E-state index contributed by atoms with van der Waals surface area (Å²) in [4.78, 5) is 0. The molecule has 2 heteroatoms. The summed E-state index contributed by atoms with van der Waals surface area (Å²) < 4.78 is 0. The van der Waals surface area contributed by atoms with Crippen LogP contribution in [0.3, 0.4) is 0 Å². The Balaban J connectivity index is 2.00. The summed E-state index contributed by atoms with van der Waals surface area (Å²) in [5.41, 5.74) is 0.639. The molecule has 2 aliphatic rings. The van der Waals surface area contributed by atoms with Crippen molar-refractivity contribution in [3.05, 3.63) is 0 Å². The highest BCUT2D eigenvalue weighted by molar-refractivity contribution is 6.41. The fourth-order valence-electron chi connectivity index (χ4n) is 1.32. The van der Waals surface area contributed by atoms with Crippen molar-refractivity contribution in [1.82, 2.24) is 5.32 Å². The second kappa shape index (κ2) is 1.05. The van der Waals surface area contributed by atoms with Crippen LogP contribution in [0, 0.1) is 0 Å². The molecule has 0 unspecified atom stereocenters. The summed E-state index contributed by atoms with van der Waals surface area (Å²) in [6.07, 6.45) is 4.07. The minimum absolute atomic E-state index is 0.639. The van der Waals surface area contributed by atoms with Gasteiger partial charge in [0.05, 0.1) is 0 Å². The quantitative estimate of drug-likeness (QED) is 0.425. The number of hydrogen-bond acceptors (Lipinski definition) is 1. The lowest BCUT2D eigenvalue weighted by atomic mass is 9.44. The number of nitrogens with one attached hydrogen (secondary N) is 1. The van der Waals surface area contributed by atoms with Crippen molar-refractivity contribution in [3.63, 3.8) is 0 Å². The molecular weight excluding hydrogens is 84.9 g/mol. The van der Waals surface area contributed by atoms with E-state index < -0.39 is 0 Å². The molecule has 1 nitrogen and oxygen atoms in total. The van der Waals surface area contributed by atoms with E-state index in [1.54, 1.807) is 0 Å². The Labute approximate surface area is 44.7 Å². The Bertz CT molecular complexity index is 68.6. The van der Waals surface area contributed by atoms with Gasteiger partial charge in [0.1, 0.15) is 7.28 Å². The van der Waals surface area contributed by atoms with Gasteiger partial charge in [-0.1, -0.05) is 12.6 Å². The lowest BCUT2D eigenvalue weighted by Gasteiger charge is -2.50. The zero-order chi connectivity index (χ0) is 4.74. The van der Waals surface area contributed by atoms with Gasteiger partial charge in [0.15, 0.2) is 0 Å². The summed E-state index contributed by atoms with van der Waals surface area (Å²) in [7, 11) is 2.35. The van der Waals surface area contributed by atoms with Crippen molar-refractivity contribution in [2.24, 2.45) is 0 Å². The van der Waals surface area contributed by atoms with Crippen LogP contribution < -0.4 is 5.32 Å². The van der Waals surface area contributed by atoms with Crippen LogP contribution in [-0.2, 0) is 0 Å². The van der Waals surface area contributed by atoms with Crippen molar-refractivity contribution in [2.75, 3.05) is 6.54 Å². The fraction of sp³-hybridized carbons (Fsp3) is 1.00. The highest BCUT2D eigenvalue weighted by Crippen LogP contribution is 2.35. The summed E-state index contributed by atoms with van der Waals surface area (Å²) >= 11 is 0. The maximum Gasteiger partial charge on any atom is 0.114 e. The highest BCUT2D eigenvalue weighted by atomic mass is 15.0. The van der Waals surface area contributed by atoms with Crippen LogP contribution in [0.25, 0.3) is 0 Å². The summed E-state index contributed by atoms with van der Waals surface area (Å²) in [6, 6.07) is 0. The molecule has 37 valence electrons. The minimum atomic E-state index is 0.639. The summed E-state index contributed by atoms with van der Waals surface area (Å²) in [6.45, 7) is 1.26. The van der Waals surface area contributed by atoms with Crippen molar-refractivity contribution in [1.29, 1.82) is 0 Å². The molecule has 0 amide bonds. The normalized spacial score (nSPS) is 33.1. The first kappa shape index (κ1) is 3.96. The largest absolute Gasteiger partial charge is 0.313 e. The van der Waals surface area contributed by atoms with E-state index in [4.69, 9.17) is 0 Å². The molecule has 1 spiro atoms. The van der Waals surface area contributed by atoms with Crippen LogP contribution >= 0.6 is 0 Å². The first-order valence-electron chi connectivity index (χ1n) is 2.98. The van der Waals surface area contributed by atoms with Crippen LogP contribution in [0.15, 0.2) is 0 Å². The Morgan fingerprint density at radius 2 is 2.14 bits per heavy atom. The van der Waals surface area contributed by atoms with Crippen molar-refractivity contribution < 1.29 is 0 Å². The lowest BCUT2D eigenvalue weighted by Crippen LogP contribution is -2.62. The SMILES string of the molecule is [B]1CC2(C1)CCN2. The van der Waals surface area contributed by atoms with Gasteiger partial charge in [0, 0.05) is 5.54 Å². The Kier molecular flexibility index (Phi) is 0.595. The number of rotatable bonds is 0. The maximum atomic E-state index is 3.43. The predicted molar refractivity (Wildman–Crippen MR) is 30.7 cm³/mol. The molecular formula is C5H9BN. The molecule has 2 saturated heterocycles. The standard InChI is InChI=1S/C5H9BN/c1-2-7-5(1)3-6-4-5/h7H,1-4H2. The van der Waals surface area contributed by atoms with E-state index in [9.17, 15) is 0 Å². The van der Waals surface area contributed by atoms with E-state index in [0.717, 1.165) is 0 Å². The average Bonchev–Trinajstić information content (AvgIpc) is 1.20. The van der Waals surface area contributed by atoms with Crippen LogP contribution in [0.5, 0.6) is 0 Å². The lowest BCUT2D eigenvalue weighted by molar-refractivity contribution is 0.236. The molecule has 0 aliphatic carbocycles. The molecule has 1 N–H and O–H groups in total. The van der Waals surface area contributed by atoms with Crippen molar-refractivity contribution >= 4 is 7.28 Å². The van der Waals surface area contributed by atoms with Crippen LogP contribution in [0.2, 0.25) is 12.6 Å². The molecule has 0 atom stereocenters. The molecule has 1 radical (unpaired) electrons. The second-order valence-corrected chi connectivity index (χ2v) is 2.65. The van der Waals surface area contributed by atoms with Gasteiger partial charge >= 0.3 is 0 Å². The minimum Gasteiger partial charge on any atom is -0.313 e. The van der Waals surface area contributed by atoms with Crippen LogP contribution in [0.1, 0.15) is 6.42 Å². The molecule has 0 bridgehead atoms. The van der Waals surface area contributed by atoms with Gasteiger partial charge in [-0.25, -0.2) is 0 Å². The molecule has 2 rings (SSSR count). The Morgan fingerprint density at radius 1 is 1.43 bits per heavy atom. The van der Waals surface area contributed by atoms with Gasteiger partial charge in [0.25, 0.3) is 0 Å². The number of hydrogen-bond donors (Lipinski definition) is 1. The molecule has 0 saturated carbocycles. The molecule has 2 heterocycles. The second-order valence-electron chi connectivity index (χ2n) is 2.65.